The van der Waals surface area contributed by atoms with E-state index in [2.05, 4.69) is 44.4 Å². The zero-order valence-electron chi connectivity index (χ0n) is 19.7. The predicted octanol–water partition coefficient (Wildman–Crippen LogP) is 3.36. The highest BCUT2D eigenvalue weighted by atomic mass is 32.2. The van der Waals surface area contributed by atoms with Crippen LogP contribution in [0.2, 0.25) is 0 Å². The van der Waals surface area contributed by atoms with Gasteiger partial charge in [-0.15, -0.1) is 11.8 Å². The maximum Gasteiger partial charge on any atom is 0.156 e. The van der Waals surface area contributed by atoms with E-state index in [0.717, 1.165) is 54.3 Å². The second-order valence-electron chi connectivity index (χ2n) is 7.46. The number of hydrogen-bond donors (Lipinski definition) is 0. The van der Waals surface area contributed by atoms with Gasteiger partial charge in [-0.2, -0.15) is 5.26 Å². The summed E-state index contributed by atoms with van der Waals surface area (Å²) in [5, 5.41) is 10.4. The normalized spacial score (nSPS) is 14.3. The maximum absolute atomic E-state index is 9.46. The molecule has 0 fully saturated rings. The zero-order chi connectivity index (χ0) is 23.1. The van der Waals surface area contributed by atoms with E-state index in [1.807, 2.05) is 26.2 Å². The van der Waals surface area contributed by atoms with Crippen LogP contribution in [-0.4, -0.2) is 63.3 Å². The fraction of sp³-hybridized carbons (Fsp3) is 0.522. The number of nitrogens with zero attached hydrogens (tertiary/aromatic N) is 8. The fourth-order valence-corrected chi connectivity index (χ4v) is 4.73. The highest BCUT2D eigenvalue weighted by Crippen LogP contribution is 2.26. The van der Waals surface area contributed by atoms with Crippen LogP contribution < -0.4 is 4.90 Å². The van der Waals surface area contributed by atoms with E-state index in [4.69, 9.17) is 9.98 Å². The van der Waals surface area contributed by atoms with Crippen molar-refractivity contribution in [2.75, 3.05) is 37.8 Å². The van der Waals surface area contributed by atoms with Gasteiger partial charge in [0.1, 0.15) is 22.8 Å². The number of imidazole rings is 1. The van der Waals surface area contributed by atoms with Crippen LogP contribution in [0.15, 0.2) is 28.3 Å². The summed E-state index contributed by atoms with van der Waals surface area (Å²) in [7, 11) is 2.06. The number of anilines is 1. The summed E-state index contributed by atoms with van der Waals surface area (Å²) >= 11 is 1.63. The largest absolute Gasteiger partial charge is 0.350 e. The molecule has 32 heavy (non-hydrogen) atoms. The van der Waals surface area contributed by atoms with E-state index in [0.29, 0.717) is 25.2 Å². The van der Waals surface area contributed by atoms with E-state index in [-0.39, 0.29) is 0 Å². The molecule has 2 aromatic heterocycles. The number of amidine groups is 1. The van der Waals surface area contributed by atoms with Crippen LogP contribution in [0.4, 0.5) is 5.82 Å². The second-order valence-corrected chi connectivity index (χ2v) is 8.26. The van der Waals surface area contributed by atoms with Crippen molar-refractivity contribution in [3.05, 3.63) is 41.1 Å². The van der Waals surface area contributed by atoms with Gasteiger partial charge in [0.15, 0.2) is 5.84 Å². The Hall–Kier alpha value is -2.86. The van der Waals surface area contributed by atoms with Crippen LogP contribution in [0.1, 0.15) is 43.5 Å². The maximum atomic E-state index is 9.46. The molecule has 0 unspecified atom stereocenters. The summed E-state index contributed by atoms with van der Waals surface area (Å²) < 4.78 is 2.33. The van der Waals surface area contributed by atoms with Gasteiger partial charge >= 0.3 is 0 Å². The lowest BCUT2D eigenvalue weighted by Gasteiger charge is -2.28. The Labute approximate surface area is 195 Å². The number of fused-ring (bicyclic) bond motifs is 1. The van der Waals surface area contributed by atoms with Crippen molar-refractivity contribution in [2.45, 2.75) is 46.8 Å². The molecule has 8 nitrogen and oxygen atoms in total. The van der Waals surface area contributed by atoms with Crippen LogP contribution in [0.5, 0.6) is 0 Å². The number of aromatic nitrogens is 3. The Morgan fingerprint density at radius 3 is 2.72 bits per heavy atom. The topological polar surface area (TPSA) is 85.7 Å². The molecule has 0 radical (unpaired) electrons. The molecule has 1 aliphatic rings. The van der Waals surface area contributed by atoms with Gasteiger partial charge in [-0.05, 0) is 39.2 Å². The van der Waals surface area contributed by atoms with Crippen LogP contribution >= 0.6 is 11.8 Å². The summed E-state index contributed by atoms with van der Waals surface area (Å²) in [6.45, 7) is 10.7. The minimum absolute atomic E-state index is 0.603. The molecule has 3 heterocycles. The summed E-state index contributed by atoms with van der Waals surface area (Å²) in [4.78, 5) is 23.2. The van der Waals surface area contributed by atoms with Gasteiger partial charge in [-0.1, -0.05) is 0 Å². The molecule has 1 aliphatic heterocycles. The van der Waals surface area contributed by atoms with Gasteiger partial charge < -0.3 is 14.4 Å². The third-order valence-corrected chi connectivity index (χ3v) is 6.15. The lowest BCUT2D eigenvalue weighted by atomic mass is 10.1. The summed E-state index contributed by atoms with van der Waals surface area (Å²) in [6, 6.07) is 5.88. The van der Waals surface area contributed by atoms with Crippen molar-refractivity contribution in [3.63, 3.8) is 0 Å². The smallest absolute Gasteiger partial charge is 0.156 e. The van der Waals surface area contributed by atoms with Crippen molar-refractivity contribution in [1.29, 1.82) is 5.26 Å². The molecule has 0 atom stereocenters. The number of pyridine rings is 1. The van der Waals surface area contributed by atoms with Crippen LogP contribution in [-0.2, 0) is 26.1 Å². The van der Waals surface area contributed by atoms with Crippen LogP contribution in [0.25, 0.3) is 0 Å². The number of aliphatic imine (C=N–C) groups is 2. The van der Waals surface area contributed by atoms with Gasteiger partial charge in [0.25, 0.3) is 0 Å². The standard InChI is InChI=1S/C23H32N8S/c1-6-25-22(23(32-5)26-7-2)29(4)16-20-28-18-15-30(13-11-19(18)31(20)8-3)21-17(14-24)10-9-12-27-21/h9-10,12H,6-8,11,13,15-16H2,1-5H3. The molecule has 0 bridgehead atoms. The van der Waals surface area contributed by atoms with Gasteiger partial charge in [0, 0.05) is 51.5 Å². The summed E-state index contributed by atoms with van der Waals surface area (Å²) in [5.41, 5.74) is 2.95. The predicted molar refractivity (Wildman–Crippen MR) is 133 cm³/mol. The Morgan fingerprint density at radius 1 is 1.28 bits per heavy atom. The van der Waals surface area contributed by atoms with Crippen molar-refractivity contribution in [3.8, 4) is 6.07 Å². The first kappa shape index (κ1) is 23.8. The van der Waals surface area contributed by atoms with Gasteiger partial charge in [-0.3, -0.25) is 9.98 Å². The molecule has 0 N–H and O–H groups in total. The minimum Gasteiger partial charge on any atom is -0.350 e. The quantitative estimate of drug-likeness (QED) is 0.493. The Kier molecular flexibility index (Phi) is 8.28. The average Bonchev–Trinajstić information content (AvgIpc) is 3.17. The van der Waals surface area contributed by atoms with E-state index < -0.39 is 0 Å². The van der Waals surface area contributed by atoms with Gasteiger partial charge in [0.05, 0.1) is 24.3 Å². The summed E-state index contributed by atoms with van der Waals surface area (Å²) in [5.74, 6) is 2.69. The first-order chi connectivity index (χ1) is 15.6. The lowest BCUT2D eigenvalue weighted by molar-refractivity contribution is 0.468. The monoisotopic (exact) mass is 452 g/mol. The van der Waals surface area contributed by atoms with Crippen molar-refractivity contribution < 1.29 is 0 Å². The number of nitriles is 1. The zero-order valence-corrected chi connectivity index (χ0v) is 20.5. The molecule has 2 aromatic rings. The average molecular weight is 453 g/mol. The van der Waals surface area contributed by atoms with Gasteiger partial charge in [0.2, 0.25) is 0 Å². The molecular formula is C23H32N8S. The molecular weight excluding hydrogens is 420 g/mol. The first-order valence-electron chi connectivity index (χ1n) is 11.1. The van der Waals surface area contributed by atoms with Gasteiger partial charge in [-0.25, -0.2) is 9.97 Å². The third-order valence-electron chi connectivity index (χ3n) is 5.45. The Bertz CT molecular complexity index is 1030. The molecule has 0 spiro atoms. The molecule has 0 aromatic carbocycles. The number of hydrogen-bond acceptors (Lipinski definition) is 7. The van der Waals surface area contributed by atoms with Crippen LogP contribution in [0, 0.1) is 11.3 Å². The SMILES string of the molecule is CCN=C(SC)C(=NCC)N(C)Cc1nc2c(n1CC)CCN(c1ncccc1C#N)C2. The summed E-state index contributed by atoms with van der Waals surface area (Å²) in [6.07, 6.45) is 4.66. The molecule has 170 valence electrons. The van der Waals surface area contributed by atoms with Crippen molar-refractivity contribution in [1.82, 2.24) is 19.4 Å². The van der Waals surface area contributed by atoms with E-state index in [1.165, 1.54) is 5.69 Å². The fourth-order valence-electron chi connectivity index (χ4n) is 4.07. The van der Waals surface area contributed by atoms with E-state index in [1.54, 1.807) is 24.0 Å². The van der Waals surface area contributed by atoms with Crippen molar-refractivity contribution in [2.24, 2.45) is 9.98 Å². The highest BCUT2D eigenvalue weighted by Gasteiger charge is 2.26. The van der Waals surface area contributed by atoms with E-state index >= 15 is 0 Å². The molecule has 0 aliphatic carbocycles. The minimum atomic E-state index is 0.603. The highest BCUT2D eigenvalue weighted by molar-refractivity contribution is 8.15. The first-order valence-corrected chi connectivity index (χ1v) is 12.3. The molecule has 0 saturated carbocycles. The third kappa shape index (κ3) is 4.96. The molecule has 9 heteroatoms. The molecule has 0 saturated heterocycles. The van der Waals surface area contributed by atoms with E-state index in [9.17, 15) is 5.26 Å². The van der Waals surface area contributed by atoms with Crippen molar-refractivity contribution >= 4 is 28.5 Å². The lowest BCUT2D eigenvalue weighted by Crippen LogP contribution is -2.33. The van der Waals surface area contributed by atoms with Crippen LogP contribution in [0.3, 0.4) is 0 Å². The Balaban J connectivity index is 1.88. The number of thioether (sulfide) groups is 1. The molecule has 0 amide bonds. The number of rotatable bonds is 6. The Morgan fingerprint density at radius 2 is 2.06 bits per heavy atom. The molecule has 3 rings (SSSR count). The second kappa shape index (κ2) is 11.1.